The number of aryl methyl sites for hydroxylation is 1. The van der Waals surface area contributed by atoms with Crippen molar-refractivity contribution in [3.05, 3.63) is 40.9 Å². The van der Waals surface area contributed by atoms with Gasteiger partial charge in [0.05, 0.1) is 18.7 Å². The summed E-state index contributed by atoms with van der Waals surface area (Å²) in [6, 6.07) is 8.12. The first kappa shape index (κ1) is 13.8. The summed E-state index contributed by atoms with van der Waals surface area (Å²) in [6.45, 7) is 2.48. The van der Waals surface area contributed by atoms with Gasteiger partial charge >= 0.3 is 0 Å². The molecule has 2 heterocycles. The number of hydrogen-bond acceptors (Lipinski definition) is 4. The Bertz CT molecular complexity index is 696. The maximum atomic E-state index is 12.0. The Balaban J connectivity index is 1.70. The van der Waals surface area contributed by atoms with E-state index in [0.29, 0.717) is 13.0 Å². The lowest BCUT2D eigenvalue weighted by Gasteiger charge is -2.13. The standard InChI is InChI=1S/C15H15N3O2S/c1-10-3-2-4-11(7-10)15-16-12(9-21-15)8-14(20)18-6-5-13(19)17-18/h2-4,7,9H,5-6,8H2,1H3,(H,17,19). The minimum absolute atomic E-state index is 0.109. The molecule has 1 aromatic carbocycles. The summed E-state index contributed by atoms with van der Waals surface area (Å²) in [5, 5.41) is 4.17. The Labute approximate surface area is 126 Å². The lowest BCUT2D eigenvalue weighted by atomic mass is 10.1. The average molecular weight is 301 g/mol. The van der Waals surface area contributed by atoms with E-state index in [0.717, 1.165) is 16.3 Å². The fourth-order valence-electron chi connectivity index (χ4n) is 2.21. The first-order chi connectivity index (χ1) is 10.1. The summed E-state index contributed by atoms with van der Waals surface area (Å²) in [7, 11) is 0. The molecule has 2 amide bonds. The molecule has 3 rings (SSSR count). The highest BCUT2D eigenvalue weighted by Crippen LogP contribution is 2.24. The summed E-state index contributed by atoms with van der Waals surface area (Å²) >= 11 is 1.53. The van der Waals surface area contributed by atoms with Crippen LogP contribution >= 0.6 is 11.3 Å². The first-order valence-electron chi connectivity index (χ1n) is 6.73. The molecular weight excluding hydrogens is 286 g/mol. The van der Waals surface area contributed by atoms with E-state index in [1.807, 2.05) is 30.5 Å². The second kappa shape index (κ2) is 5.65. The molecule has 1 aliphatic rings. The van der Waals surface area contributed by atoms with E-state index in [-0.39, 0.29) is 18.2 Å². The van der Waals surface area contributed by atoms with Crippen molar-refractivity contribution in [2.24, 2.45) is 0 Å². The van der Waals surface area contributed by atoms with E-state index in [2.05, 4.69) is 16.5 Å². The van der Waals surface area contributed by atoms with Gasteiger partial charge in [0.15, 0.2) is 0 Å². The number of carbonyl (C=O) groups is 2. The fraction of sp³-hybridized carbons (Fsp3) is 0.267. The Morgan fingerprint density at radius 1 is 1.48 bits per heavy atom. The van der Waals surface area contributed by atoms with Crippen LogP contribution in [0, 0.1) is 6.92 Å². The highest BCUT2D eigenvalue weighted by atomic mass is 32.1. The van der Waals surface area contributed by atoms with Gasteiger partial charge in [0.2, 0.25) is 11.8 Å². The zero-order valence-electron chi connectivity index (χ0n) is 11.6. The highest BCUT2D eigenvalue weighted by Gasteiger charge is 2.23. The van der Waals surface area contributed by atoms with Crippen LogP contribution in [0.1, 0.15) is 17.7 Å². The van der Waals surface area contributed by atoms with E-state index >= 15 is 0 Å². The topological polar surface area (TPSA) is 62.3 Å². The van der Waals surface area contributed by atoms with E-state index < -0.39 is 0 Å². The van der Waals surface area contributed by atoms with Crippen molar-refractivity contribution >= 4 is 23.2 Å². The molecule has 0 spiro atoms. The lowest BCUT2D eigenvalue weighted by molar-refractivity contribution is -0.135. The van der Waals surface area contributed by atoms with Gasteiger partial charge in [-0.2, -0.15) is 0 Å². The van der Waals surface area contributed by atoms with Gasteiger partial charge in [0.25, 0.3) is 0 Å². The van der Waals surface area contributed by atoms with Crippen molar-refractivity contribution in [3.8, 4) is 10.6 Å². The Morgan fingerprint density at radius 2 is 2.33 bits per heavy atom. The zero-order valence-corrected chi connectivity index (χ0v) is 12.4. The summed E-state index contributed by atoms with van der Waals surface area (Å²) < 4.78 is 0. The third-order valence-electron chi connectivity index (χ3n) is 3.27. The average Bonchev–Trinajstić information content (AvgIpc) is 3.08. The molecule has 108 valence electrons. The predicted octanol–water partition coefficient (Wildman–Crippen LogP) is 1.92. The zero-order chi connectivity index (χ0) is 14.8. The largest absolute Gasteiger partial charge is 0.273 e. The minimum Gasteiger partial charge on any atom is -0.273 e. The third kappa shape index (κ3) is 3.11. The van der Waals surface area contributed by atoms with E-state index in [1.54, 1.807) is 0 Å². The number of rotatable bonds is 3. The Morgan fingerprint density at radius 3 is 3.05 bits per heavy atom. The van der Waals surface area contributed by atoms with E-state index in [9.17, 15) is 9.59 Å². The monoisotopic (exact) mass is 301 g/mol. The molecule has 1 aliphatic heterocycles. The van der Waals surface area contributed by atoms with Crippen LogP contribution in [0.3, 0.4) is 0 Å². The molecule has 0 atom stereocenters. The number of nitrogens with one attached hydrogen (secondary N) is 1. The van der Waals surface area contributed by atoms with Gasteiger partial charge in [-0.3, -0.25) is 20.0 Å². The van der Waals surface area contributed by atoms with Crippen LogP contribution in [0.2, 0.25) is 0 Å². The van der Waals surface area contributed by atoms with Crippen LogP contribution in [-0.2, 0) is 16.0 Å². The molecule has 21 heavy (non-hydrogen) atoms. The van der Waals surface area contributed by atoms with Gasteiger partial charge in [-0.25, -0.2) is 4.98 Å². The van der Waals surface area contributed by atoms with E-state index in [4.69, 9.17) is 0 Å². The molecular formula is C15H15N3O2S. The quantitative estimate of drug-likeness (QED) is 0.942. The fourth-order valence-corrected chi connectivity index (χ4v) is 3.03. The second-order valence-electron chi connectivity index (χ2n) is 5.02. The van der Waals surface area contributed by atoms with Crippen LogP contribution < -0.4 is 5.43 Å². The molecule has 1 saturated heterocycles. The van der Waals surface area contributed by atoms with Crippen LogP contribution in [-0.4, -0.2) is 28.4 Å². The molecule has 0 aliphatic carbocycles. The summed E-state index contributed by atoms with van der Waals surface area (Å²) in [6.07, 6.45) is 0.583. The van der Waals surface area contributed by atoms with Gasteiger partial charge in [-0.05, 0) is 13.0 Å². The second-order valence-corrected chi connectivity index (χ2v) is 5.88. The normalized spacial score (nSPS) is 14.3. The molecule has 0 unspecified atom stereocenters. The van der Waals surface area contributed by atoms with Crippen molar-refractivity contribution < 1.29 is 9.59 Å². The van der Waals surface area contributed by atoms with Gasteiger partial charge in [-0.1, -0.05) is 23.8 Å². The SMILES string of the molecule is Cc1cccc(-c2nc(CC(=O)N3CCC(=O)N3)cs2)c1. The number of benzene rings is 1. The molecule has 0 saturated carbocycles. The van der Waals surface area contributed by atoms with Crippen LogP contribution in [0.5, 0.6) is 0 Å². The maximum Gasteiger partial charge on any atom is 0.247 e. The molecule has 0 radical (unpaired) electrons. The number of hydrazine groups is 1. The number of amides is 2. The number of hydrogen-bond donors (Lipinski definition) is 1. The van der Waals surface area contributed by atoms with Gasteiger partial charge in [0, 0.05) is 17.4 Å². The van der Waals surface area contributed by atoms with E-state index in [1.165, 1.54) is 21.9 Å². The highest BCUT2D eigenvalue weighted by molar-refractivity contribution is 7.13. The molecule has 1 fully saturated rings. The number of carbonyl (C=O) groups excluding carboxylic acids is 2. The van der Waals surface area contributed by atoms with Crippen LogP contribution in [0.25, 0.3) is 10.6 Å². The summed E-state index contributed by atoms with van der Waals surface area (Å²) in [4.78, 5) is 27.7. The number of thiazole rings is 1. The van der Waals surface area contributed by atoms with Crippen LogP contribution in [0.4, 0.5) is 0 Å². The molecule has 2 aromatic rings. The molecule has 0 bridgehead atoms. The van der Waals surface area contributed by atoms with Crippen molar-refractivity contribution in [3.63, 3.8) is 0 Å². The molecule has 1 N–H and O–H groups in total. The maximum absolute atomic E-state index is 12.0. The summed E-state index contributed by atoms with van der Waals surface area (Å²) in [5.74, 6) is -0.232. The van der Waals surface area contributed by atoms with Gasteiger partial charge in [-0.15, -0.1) is 11.3 Å². The number of aromatic nitrogens is 1. The van der Waals surface area contributed by atoms with Crippen molar-refractivity contribution in [1.29, 1.82) is 0 Å². The Kier molecular flexibility index (Phi) is 3.70. The van der Waals surface area contributed by atoms with Crippen LogP contribution in [0.15, 0.2) is 29.6 Å². The smallest absolute Gasteiger partial charge is 0.247 e. The molecule has 6 heteroatoms. The van der Waals surface area contributed by atoms with Crippen molar-refractivity contribution in [2.45, 2.75) is 19.8 Å². The first-order valence-corrected chi connectivity index (χ1v) is 7.61. The lowest BCUT2D eigenvalue weighted by Crippen LogP contribution is -2.39. The van der Waals surface area contributed by atoms with Gasteiger partial charge < -0.3 is 0 Å². The van der Waals surface area contributed by atoms with Crippen molar-refractivity contribution in [2.75, 3.05) is 6.54 Å². The van der Waals surface area contributed by atoms with Crippen molar-refractivity contribution in [1.82, 2.24) is 15.4 Å². The molecule has 1 aromatic heterocycles. The minimum atomic E-state index is -0.123. The molecule has 5 nitrogen and oxygen atoms in total. The third-order valence-corrected chi connectivity index (χ3v) is 4.21. The van der Waals surface area contributed by atoms with Gasteiger partial charge in [0.1, 0.15) is 5.01 Å². The summed E-state index contributed by atoms with van der Waals surface area (Å²) in [5.41, 5.74) is 5.52. The Hall–Kier alpha value is -2.21. The number of nitrogens with zero attached hydrogens (tertiary/aromatic N) is 2. The predicted molar refractivity (Wildman–Crippen MR) is 80.5 cm³/mol.